The molecule has 0 N–H and O–H groups in total. The highest BCUT2D eigenvalue weighted by molar-refractivity contribution is 6.52. The number of ether oxygens (including phenoxy) is 1. The summed E-state index contributed by atoms with van der Waals surface area (Å²) in [6.07, 6.45) is 3.02. The zero-order valence-corrected chi connectivity index (χ0v) is 12.4. The lowest BCUT2D eigenvalue weighted by atomic mass is 9.69. The van der Waals surface area contributed by atoms with Crippen LogP contribution in [-0.4, -0.2) is 29.5 Å². The maximum atomic E-state index is 14.4. The highest BCUT2D eigenvalue weighted by Crippen LogP contribution is 2.32. The normalized spacial score (nSPS) is 15.8. The van der Waals surface area contributed by atoms with Crippen LogP contribution >= 0.6 is 0 Å². The van der Waals surface area contributed by atoms with Crippen LogP contribution in [0.2, 0.25) is 0 Å². The van der Waals surface area contributed by atoms with Crippen molar-refractivity contribution in [1.29, 1.82) is 0 Å². The third-order valence-corrected chi connectivity index (χ3v) is 4.02. The molecule has 1 aromatic carbocycles. The molecule has 2 nitrogen and oxygen atoms in total. The zero-order valence-electron chi connectivity index (χ0n) is 12.4. The number of rotatable bonds is 5. The van der Waals surface area contributed by atoms with Crippen LogP contribution in [-0.2, 0) is 4.79 Å². The van der Waals surface area contributed by atoms with E-state index in [2.05, 4.69) is 0 Å². The molecule has 0 spiro atoms. The van der Waals surface area contributed by atoms with Gasteiger partial charge in [-0.2, -0.15) is 0 Å². The topological polar surface area (TPSA) is 26.3 Å². The summed E-state index contributed by atoms with van der Waals surface area (Å²) >= 11 is 0. The second-order valence-corrected chi connectivity index (χ2v) is 5.73. The predicted octanol–water partition coefficient (Wildman–Crippen LogP) is 0.426. The second-order valence-electron chi connectivity index (χ2n) is 5.73. The first-order chi connectivity index (χ1) is 9.86. The maximum Gasteiger partial charge on any atom is 0.311 e. The van der Waals surface area contributed by atoms with Crippen LogP contribution in [0.4, 0.5) is 4.39 Å². The first-order valence-electron chi connectivity index (χ1n) is 7.23. The Morgan fingerprint density at radius 1 is 1.29 bits per heavy atom. The van der Waals surface area contributed by atoms with Gasteiger partial charge in [-0.15, -0.1) is 0 Å². The first kappa shape index (κ1) is 16.2. The number of benzene rings is 1. The molecule has 104 valence electrons. The molecule has 1 aliphatic carbocycles. The van der Waals surface area contributed by atoms with Crippen molar-refractivity contribution in [3.05, 3.63) is 11.4 Å². The minimum absolute atomic E-state index is 0.0296. The molecular weight excluding hydrogens is 264 g/mol. The average molecular weight is 280 g/mol. The predicted molar refractivity (Wildman–Crippen MR) is 84.2 cm³/mol. The van der Waals surface area contributed by atoms with Crippen molar-refractivity contribution < 1.29 is 13.9 Å². The Hall–Kier alpha value is -1.19. The summed E-state index contributed by atoms with van der Waals surface area (Å²) in [4.78, 5) is 11.7. The van der Waals surface area contributed by atoms with Crippen molar-refractivity contribution in [2.75, 3.05) is 0 Å². The molecule has 1 atom stereocenters. The molecule has 6 radical (unpaired) electrons. The lowest BCUT2D eigenvalue weighted by Crippen LogP contribution is -2.40. The Labute approximate surface area is 129 Å². The quantitative estimate of drug-likeness (QED) is 0.444. The van der Waals surface area contributed by atoms with Crippen LogP contribution in [0.25, 0.3) is 0 Å². The fourth-order valence-electron chi connectivity index (χ4n) is 2.32. The van der Waals surface area contributed by atoms with Crippen molar-refractivity contribution in [1.82, 2.24) is 0 Å². The van der Waals surface area contributed by atoms with Gasteiger partial charge in [-0.3, -0.25) is 4.79 Å². The summed E-state index contributed by atoms with van der Waals surface area (Å²) in [5.41, 5.74) is 0.526. The molecule has 1 fully saturated rings. The van der Waals surface area contributed by atoms with E-state index in [1.165, 1.54) is 0 Å². The van der Waals surface area contributed by atoms with Crippen molar-refractivity contribution in [2.24, 2.45) is 5.92 Å². The van der Waals surface area contributed by atoms with Gasteiger partial charge in [0.15, 0.2) is 11.6 Å². The van der Waals surface area contributed by atoms with E-state index in [-0.39, 0.29) is 34.5 Å². The van der Waals surface area contributed by atoms with Crippen LogP contribution in [0.15, 0.2) is 0 Å². The van der Waals surface area contributed by atoms with E-state index in [1.807, 2.05) is 13.8 Å². The lowest BCUT2D eigenvalue weighted by molar-refractivity contribution is -0.134. The van der Waals surface area contributed by atoms with Gasteiger partial charge in [0, 0.05) is 6.42 Å². The smallest absolute Gasteiger partial charge is 0.311 e. The average Bonchev–Trinajstić information content (AvgIpc) is 3.25. The molecule has 1 saturated carbocycles. The minimum atomic E-state index is -0.804. The van der Waals surface area contributed by atoms with E-state index in [0.717, 1.165) is 19.3 Å². The van der Waals surface area contributed by atoms with Gasteiger partial charge in [0.05, 0.1) is 0 Å². The highest BCUT2D eigenvalue weighted by Gasteiger charge is 2.27. The van der Waals surface area contributed by atoms with Crippen LogP contribution < -0.4 is 21.1 Å². The van der Waals surface area contributed by atoms with E-state index in [9.17, 15) is 9.18 Å². The number of hydrogen-bond donors (Lipinski definition) is 0. The molecule has 0 amide bonds. The molecule has 21 heavy (non-hydrogen) atoms. The third kappa shape index (κ3) is 3.36. The number of halogens is 1. The van der Waals surface area contributed by atoms with E-state index in [4.69, 9.17) is 28.3 Å². The molecule has 1 aliphatic rings. The maximum absolute atomic E-state index is 14.4. The first-order valence-corrected chi connectivity index (χ1v) is 7.23. The number of esters is 1. The summed E-state index contributed by atoms with van der Waals surface area (Å²) in [6.45, 7) is 3.83. The molecule has 0 bridgehead atoms. The van der Waals surface area contributed by atoms with Crippen LogP contribution in [0.3, 0.4) is 0 Å². The van der Waals surface area contributed by atoms with Crippen molar-refractivity contribution in [3.8, 4) is 5.75 Å². The van der Waals surface area contributed by atoms with Crippen LogP contribution in [0.1, 0.15) is 51.0 Å². The summed E-state index contributed by atoms with van der Waals surface area (Å²) in [6, 6.07) is 0. The summed E-state index contributed by atoms with van der Waals surface area (Å²) in [5.74, 6) is -1.34. The van der Waals surface area contributed by atoms with E-state index >= 15 is 0 Å². The van der Waals surface area contributed by atoms with Crippen molar-refractivity contribution in [3.63, 3.8) is 0 Å². The van der Waals surface area contributed by atoms with E-state index in [0.29, 0.717) is 11.5 Å². The second kappa shape index (κ2) is 6.29. The van der Waals surface area contributed by atoms with Gasteiger partial charge in [-0.05, 0) is 31.1 Å². The van der Waals surface area contributed by atoms with Gasteiger partial charge in [-0.25, -0.2) is 4.39 Å². The molecule has 6 heteroatoms. The number of carbonyl (C=O) groups excluding carboxylic acids is 1. The van der Waals surface area contributed by atoms with Gasteiger partial charge < -0.3 is 4.74 Å². The highest BCUT2D eigenvalue weighted by atomic mass is 19.1. The fraction of sp³-hybridized carbons (Fsp3) is 0.533. The van der Waals surface area contributed by atoms with Gasteiger partial charge in [0.1, 0.15) is 23.5 Å². The number of carbonyl (C=O) groups is 1. The van der Waals surface area contributed by atoms with E-state index < -0.39 is 11.8 Å². The number of hydrogen-bond acceptors (Lipinski definition) is 2. The summed E-state index contributed by atoms with van der Waals surface area (Å²) in [5, 5.41) is 0. The molecule has 1 aromatic rings. The Balaban J connectivity index is 2.35. The summed E-state index contributed by atoms with van der Waals surface area (Å²) < 4.78 is 19.4. The van der Waals surface area contributed by atoms with Crippen LogP contribution in [0, 0.1) is 11.7 Å². The van der Waals surface area contributed by atoms with Gasteiger partial charge in [0.25, 0.3) is 0 Å². The Morgan fingerprint density at radius 3 is 2.43 bits per heavy atom. The Kier molecular flexibility index (Phi) is 4.85. The molecule has 0 saturated heterocycles. The Bertz CT molecular complexity index is 542. The van der Waals surface area contributed by atoms with Crippen molar-refractivity contribution >= 4 is 45.9 Å². The summed E-state index contributed by atoms with van der Waals surface area (Å²) in [7, 11) is 17.6. The Morgan fingerprint density at radius 2 is 1.90 bits per heavy atom. The van der Waals surface area contributed by atoms with Crippen molar-refractivity contribution in [2.45, 2.75) is 45.4 Å². The molecule has 0 aliphatic heterocycles. The largest absolute Gasteiger partial charge is 0.424 e. The monoisotopic (exact) mass is 280 g/mol. The molecular formula is C15H16B3FO2. The third-order valence-electron chi connectivity index (χ3n) is 4.02. The SMILES string of the molecule is [B]c1c([B])c(C(C)CC)c([B])c(F)c1OC(=O)CC1CC1. The van der Waals surface area contributed by atoms with Gasteiger partial charge in [0.2, 0.25) is 0 Å². The lowest BCUT2D eigenvalue weighted by Gasteiger charge is -2.22. The van der Waals surface area contributed by atoms with Gasteiger partial charge >= 0.3 is 5.97 Å². The van der Waals surface area contributed by atoms with Gasteiger partial charge in [-0.1, -0.05) is 35.8 Å². The minimum Gasteiger partial charge on any atom is -0.424 e. The van der Waals surface area contributed by atoms with Crippen LogP contribution in [0.5, 0.6) is 5.75 Å². The fourth-order valence-corrected chi connectivity index (χ4v) is 2.32. The molecule has 0 heterocycles. The molecule has 1 unspecified atom stereocenters. The molecule has 0 aromatic heterocycles. The zero-order chi connectivity index (χ0) is 15.7. The standard InChI is InChI=1S/C15H16B3FO2/c1-3-7(2)10-11(16)13(18)15(14(19)12(10)17)21-9(20)6-8-4-5-8/h7-8H,3-6H2,1-2H3. The molecule has 2 rings (SSSR count). The van der Waals surface area contributed by atoms with E-state index in [1.54, 1.807) is 0 Å².